The monoisotopic (exact) mass is 255 g/mol. The van der Waals surface area contributed by atoms with Gasteiger partial charge in [0.25, 0.3) is 0 Å². The van der Waals surface area contributed by atoms with E-state index in [4.69, 9.17) is 9.84 Å². The number of hydrogen-bond acceptors (Lipinski definition) is 3. The fraction of sp³-hybridized carbons (Fsp3) is 0.462. The number of ether oxygens (including phenoxy) is 1. The molecule has 100 valence electrons. The highest BCUT2D eigenvalue weighted by molar-refractivity contribution is 5.66. The number of aliphatic carboxylic acids is 1. The van der Waals surface area contributed by atoms with Crippen LogP contribution in [0.2, 0.25) is 0 Å². The van der Waals surface area contributed by atoms with Crippen LogP contribution in [0.1, 0.15) is 25.7 Å². The summed E-state index contributed by atoms with van der Waals surface area (Å²) in [5, 5.41) is 11.5. The minimum Gasteiger partial charge on any atom is -0.494 e. The van der Waals surface area contributed by atoms with E-state index < -0.39 is 11.8 Å². The maximum absolute atomic E-state index is 13.3. The Hall–Kier alpha value is -1.78. The number of carbonyl (C=O) groups is 1. The van der Waals surface area contributed by atoms with Crippen LogP contribution in [-0.2, 0) is 4.79 Å². The van der Waals surface area contributed by atoms with Crippen LogP contribution >= 0.6 is 0 Å². The summed E-state index contributed by atoms with van der Waals surface area (Å²) in [5.41, 5.74) is 0.700. The molecule has 0 aromatic heterocycles. The molecule has 0 amide bonds. The summed E-state index contributed by atoms with van der Waals surface area (Å²) in [6.45, 7) is 0.700. The van der Waals surface area contributed by atoms with Crippen LogP contribution in [0.25, 0.3) is 0 Å². The minimum atomic E-state index is -0.764. The first-order valence-corrected chi connectivity index (χ1v) is 5.92. The fourth-order valence-corrected chi connectivity index (χ4v) is 1.59. The molecule has 0 bridgehead atoms. The van der Waals surface area contributed by atoms with Crippen molar-refractivity contribution < 1.29 is 19.0 Å². The smallest absolute Gasteiger partial charge is 0.303 e. The Morgan fingerprint density at radius 2 is 2.17 bits per heavy atom. The van der Waals surface area contributed by atoms with E-state index in [1.54, 1.807) is 12.1 Å². The fourth-order valence-electron chi connectivity index (χ4n) is 1.59. The average molecular weight is 255 g/mol. The number of methoxy groups -OCH3 is 1. The Labute approximate surface area is 106 Å². The lowest BCUT2D eigenvalue weighted by Gasteiger charge is -2.08. The Bertz CT molecular complexity index is 396. The number of halogens is 1. The maximum atomic E-state index is 13.3. The van der Waals surface area contributed by atoms with Crippen molar-refractivity contribution in [1.82, 2.24) is 0 Å². The number of carboxylic acid groups (broad SMARTS) is 1. The predicted octanol–water partition coefficient (Wildman–Crippen LogP) is 2.89. The second-order valence-corrected chi connectivity index (χ2v) is 3.98. The van der Waals surface area contributed by atoms with Crippen LogP contribution < -0.4 is 10.1 Å². The molecular weight excluding hydrogens is 237 g/mol. The molecule has 0 heterocycles. The summed E-state index contributed by atoms with van der Waals surface area (Å²) in [4.78, 5) is 10.3. The first kappa shape index (κ1) is 14.3. The Morgan fingerprint density at radius 1 is 1.39 bits per heavy atom. The highest BCUT2D eigenvalue weighted by atomic mass is 19.1. The lowest BCUT2D eigenvalue weighted by molar-refractivity contribution is -0.137. The Balaban J connectivity index is 2.23. The van der Waals surface area contributed by atoms with Crippen LogP contribution in [0.4, 0.5) is 10.1 Å². The van der Waals surface area contributed by atoms with Gasteiger partial charge in [0.2, 0.25) is 0 Å². The van der Waals surface area contributed by atoms with Crippen molar-refractivity contribution >= 4 is 11.7 Å². The summed E-state index contributed by atoms with van der Waals surface area (Å²) >= 11 is 0. The van der Waals surface area contributed by atoms with Crippen LogP contribution in [0.3, 0.4) is 0 Å². The third-order valence-corrected chi connectivity index (χ3v) is 2.55. The topological polar surface area (TPSA) is 58.6 Å². The Kier molecular flexibility index (Phi) is 5.97. The number of hydrogen-bond donors (Lipinski definition) is 2. The molecule has 0 spiro atoms. The summed E-state index contributed by atoms with van der Waals surface area (Å²) in [5.74, 6) is -0.935. The number of carboxylic acids is 1. The molecule has 0 aliphatic carbocycles. The normalized spacial score (nSPS) is 10.1. The van der Waals surface area contributed by atoms with Crippen molar-refractivity contribution in [2.75, 3.05) is 19.0 Å². The van der Waals surface area contributed by atoms with Crippen molar-refractivity contribution in [3.05, 3.63) is 24.0 Å². The molecule has 4 nitrogen and oxygen atoms in total. The number of anilines is 1. The zero-order chi connectivity index (χ0) is 13.4. The van der Waals surface area contributed by atoms with E-state index >= 15 is 0 Å². The molecule has 18 heavy (non-hydrogen) atoms. The molecule has 2 N–H and O–H groups in total. The Morgan fingerprint density at radius 3 is 2.78 bits per heavy atom. The van der Waals surface area contributed by atoms with Crippen molar-refractivity contribution in [1.29, 1.82) is 0 Å². The van der Waals surface area contributed by atoms with Gasteiger partial charge in [-0.1, -0.05) is 6.42 Å². The van der Waals surface area contributed by atoms with E-state index in [9.17, 15) is 9.18 Å². The zero-order valence-corrected chi connectivity index (χ0v) is 10.4. The molecular formula is C13H18FNO3. The highest BCUT2D eigenvalue weighted by Gasteiger charge is 2.02. The van der Waals surface area contributed by atoms with Gasteiger partial charge in [0.1, 0.15) is 0 Å². The second kappa shape index (κ2) is 7.53. The predicted molar refractivity (Wildman–Crippen MR) is 67.5 cm³/mol. The molecule has 0 fully saturated rings. The third kappa shape index (κ3) is 5.03. The maximum Gasteiger partial charge on any atom is 0.303 e. The van der Waals surface area contributed by atoms with Crippen LogP contribution in [0.15, 0.2) is 18.2 Å². The molecule has 0 unspecified atom stereocenters. The van der Waals surface area contributed by atoms with Crippen LogP contribution in [-0.4, -0.2) is 24.7 Å². The summed E-state index contributed by atoms with van der Waals surface area (Å²) < 4.78 is 18.2. The van der Waals surface area contributed by atoms with Gasteiger partial charge in [0.15, 0.2) is 11.6 Å². The van der Waals surface area contributed by atoms with E-state index in [-0.39, 0.29) is 12.2 Å². The number of benzene rings is 1. The van der Waals surface area contributed by atoms with Crippen molar-refractivity contribution in [3.63, 3.8) is 0 Å². The van der Waals surface area contributed by atoms with Crippen molar-refractivity contribution in [2.45, 2.75) is 25.7 Å². The van der Waals surface area contributed by atoms with Gasteiger partial charge in [-0.05, 0) is 25.0 Å². The average Bonchev–Trinajstić information content (AvgIpc) is 2.33. The number of rotatable bonds is 8. The third-order valence-electron chi connectivity index (χ3n) is 2.55. The molecule has 0 saturated heterocycles. The van der Waals surface area contributed by atoms with E-state index in [0.29, 0.717) is 18.7 Å². The lowest BCUT2D eigenvalue weighted by Crippen LogP contribution is -2.02. The molecule has 1 rings (SSSR count). The van der Waals surface area contributed by atoms with E-state index in [2.05, 4.69) is 5.32 Å². The quantitative estimate of drug-likeness (QED) is 0.701. The van der Waals surface area contributed by atoms with Gasteiger partial charge >= 0.3 is 5.97 Å². The number of nitrogens with one attached hydrogen (secondary N) is 1. The molecule has 0 atom stereocenters. The van der Waals surface area contributed by atoms with Gasteiger partial charge in [-0.2, -0.15) is 0 Å². The van der Waals surface area contributed by atoms with Gasteiger partial charge in [-0.3, -0.25) is 4.79 Å². The van der Waals surface area contributed by atoms with Crippen LogP contribution in [0, 0.1) is 5.82 Å². The first-order valence-electron chi connectivity index (χ1n) is 5.92. The van der Waals surface area contributed by atoms with Crippen molar-refractivity contribution in [3.8, 4) is 5.75 Å². The van der Waals surface area contributed by atoms with Gasteiger partial charge in [0, 0.05) is 24.7 Å². The van der Waals surface area contributed by atoms with E-state index in [1.807, 2.05) is 0 Å². The molecule has 1 aromatic carbocycles. The first-order chi connectivity index (χ1) is 8.63. The second-order valence-electron chi connectivity index (χ2n) is 3.98. The molecule has 0 aliphatic rings. The van der Waals surface area contributed by atoms with Gasteiger partial charge in [-0.25, -0.2) is 4.39 Å². The highest BCUT2D eigenvalue weighted by Crippen LogP contribution is 2.20. The van der Waals surface area contributed by atoms with Crippen LogP contribution in [0.5, 0.6) is 5.75 Å². The standard InChI is InChI=1S/C13H18FNO3/c1-18-12-7-6-10(9-11(12)14)15-8-4-2-3-5-13(16)17/h6-7,9,15H,2-5,8H2,1H3,(H,16,17). The van der Waals surface area contributed by atoms with E-state index in [0.717, 1.165) is 12.8 Å². The zero-order valence-electron chi connectivity index (χ0n) is 10.4. The molecule has 0 radical (unpaired) electrons. The summed E-state index contributed by atoms with van der Waals surface area (Å²) in [6.07, 6.45) is 2.59. The summed E-state index contributed by atoms with van der Waals surface area (Å²) in [6, 6.07) is 4.71. The number of unbranched alkanes of at least 4 members (excludes halogenated alkanes) is 2. The lowest BCUT2D eigenvalue weighted by atomic mass is 10.2. The van der Waals surface area contributed by atoms with Gasteiger partial charge in [-0.15, -0.1) is 0 Å². The SMILES string of the molecule is COc1ccc(NCCCCCC(=O)O)cc1F. The molecule has 5 heteroatoms. The largest absolute Gasteiger partial charge is 0.494 e. The van der Waals surface area contributed by atoms with Gasteiger partial charge in [0.05, 0.1) is 7.11 Å². The summed E-state index contributed by atoms with van der Waals surface area (Å²) in [7, 11) is 1.42. The molecule has 1 aromatic rings. The minimum absolute atomic E-state index is 0.206. The van der Waals surface area contributed by atoms with E-state index in [1.165, 1.54) is 13.2 Å². The molecule has 0 aliphatic heterocycles. The molecule has 0 saturated carbocycles. The van der Waals surface area contributed by atoms with Gasteiger partial charge < -0.3 is 15.2 Å². The van der Waals surface area contributed by atoms with Crippen molar-refractivity contribution in [2.24, 2.45) is 0 Å².